The van der Waals surface area contributed by atoms with Gasteiger partial charge in [-0.1, -0.05) is 12.1 Å². The predicted molar refractivity (Wildman–Crippen MR) is 121 cm³/mol. The monoisotopic (exact) mass is 446 g/mol. The number of carbonyl (C=O) groups is 1. The summed E-state index contributed by atoms with van der Waals surface area (Å²) in [7, 11) is 0. The van der Waals surface area contributed by atoms with Crippen LogP contribution in [0, 0.1) is 19.7 Å². The fourth-order valence-electron chi connectivity index (χ4n) is 3.66. The first-order chi connectivity index (χ1) is 15.9. The Bertz CT molecular complexity index is 1300. The number of benzene rings is 1. The van der Waals surface area contributed by atoms with Gasteiger partial charge in [0.1, 0.15) is 11.6 Å². The zero-order valence-corrected chi connectivity index (χ0v) is 18.2. The van der Waals surface area contributed by atoms with E-state index in [0.29, 0.717) is 17.1 Å². The summed E-state index contributed by atoms with van der Waals surface area (Å²) in [5.41, 5.74) is 4.05. The molecule has 0 aliphatic rings. The number of aryl methyl sites for hydroxylation is 2. The number of halogens is 1. The molecule has 0 bridgehead atoms. The van der Waals surface area contributed by atoms with Gasteiger partial charge in [-0.25, -0.2) is 9.37 Å². The Kier molecular flexibility index (Phi) is 6.39. The molecule has 1 amide bonds. The van der Waals surface area contributed by atoms with Crippen molar-refractivity contribution >= 4 is 5.91 Å². The zero-order chi connectivity index (χ0) is 23.4. The van der Waals surface area contributed by atoms with Crippen LogP contribution in [0.3, 0.4) is 0 Å². The Labute approximate surface area is 189 Å². The summed E-state index contributed by atoms with van der Waals surface area (Å²) in [6.45, 7) is 3.70. The maximum Gasteiger partial charge on any atom is 0.251 e. The lowest BCUT2D eigenvalue weighted by atomic mass is 10.0. The number of rotatable bonds is 7. The van der Waals surface area contributed by atoms with Gasteiger partial charge in [0.05, 0.1) is 23.9 Å². The van der Waals surface area contributed by atoms with Gasteiger partial charge in [0.15, 0.2) is 0 Å². The van der Waals surface area contributed by atoms with E-state index in [4.69, 9.17) is 0 Å². The number of hydrogen-bond donors (Lipinski definition) is 3. The van der Waals surface area contributed by atoms with E-state index in [1.165, 1.54) is 18.2 Å². The molecule has 0 aliphatic heterocycles. The standard InChI is InChI=1S/C24H23FN6O2/c1-14-20(15(2)31-30-14)13-23(33)28-21(16-3-5-18(25)6-4-16)11-19-12-22(32)29-24(27-19)17-7-9-26-10-8-17/h3-10,12,21H,11,13H2,1-2H3,(H,28,33)(H,30,31)(H,27,29,32). The number of H-pyrrole nitrogens is 2. The lowest BCUT2D eigenvalue weighted by Crippen LogP contribution is -2.32. The van der Waals surface area contributed by atoms with E-state index in [9.17, 15) is 14.0 Å². The number of aromatic nitrogens is 5. The number of carbonyl (C=O) groups excluding carboxylic acids is 1. The molecule has 0 aliphatic carbocycles. The molecule has 0 saturated carbocycles. The number of nitrogens with one attached hydrogen (secondary N) is 3. The molecular formula is C24H23FN6O2. The summed E-state index contributed by atoms with van der Waals surface area (Å²) in [5.74, 6) is -0.174. The summed E-state index contributed by atoms with van der Waals surface area (Å²) in [5, 5.41) is 10.0. The third kappa shape index (κ3) is 5.38. The van der Waals surface area contributed by atoms with E-state index in [-0.39, 0.29) is 30.1 Å². The summed E-state index contributed by atoms with van der Waals surface area (Å²) in [6, 6.07) is 10.3. The normalized spacial score (nSPS) is 11.8. The molecule has 168 valence electrons. The van der Waals surface area contributed by atoms with Crippen LogP contribution in [0.15, 0.2) is 59.7 Å². The van der Waals surface area contributed by atoms with E-state index >= 15 is 0 Å². The van der Waals surface area contributed by atoms with Crippen LogP contribution in [0.4, 0.5) is 4.39 Å². The Morgan fingerprint density at radius 1 is 1.12 bits per heavy atom. The first kappa shape index (κ1) is 22.1. The van der Waals surface area contributed by atoms with Gasteiger partial charge in [0.2, 0.25) is 5.91 Å². The second kappa shape index (κ2) is 9.56. The first-order valence-corrected chi connectivity index (χ1v) is 10.4. The molecule has 0 fully saturated rings. The van der Waals surface area contributed by atoms with E-state index in [1.54, 1.807) is 36.7 Å². The van der Waals surface area contributed by atoms with Crippen molar-refractivity contribution in [3.63, 3.8) is 0 Å². The molecule has 4 aromatic rings. The minimum Gasteiger partial charge on any atom is -0.349 e. The molecule has 4 rings (SSSR count). The van der Waals surface area contributed by atoms with Crippen molar-refractivity contribution in [1.82, 2.24) is 30.5 Å². The molecule has 0 spiro atoms. The van der Waals surface area contributed by atoms with Gasteiger partial charge < -0.3 is 10.3 Å². The lowest BCUT2D eigenvalue weighted by Gasteiger charge is -2.19. The predicted octanol–water partition coefficient (Wildman–Crippen LogP) is 2.95. The number of amides is 1. The highest BCUT2D eigenvalue weighted by Gasteiger charge is 2.19. The second-order valence-corrected chi connectivity index (χ2v) is 7.79. The average molecular weight is 446 g/mol. The van der Waals surface area contributed by atoms with Gasteiger partial charge >= 0.3 is 0 Å². The zero-order valence-electron chi connectivity index (χ0n) is 18.2. The first-order valence-electron chi connectivity index (χ1n) is 10.4. The molecule has 3 N–H and O–H groups in total. The smallest absolute Gasteiger partial charge is 0.251 e. The molecule has 9 heteroatoms. The minimum atomic E-state index is -0.509. The Balaban J connectivity index is 1.62. The van der Waals surface area contributed by atoms with Crippen LogP contribution >= 0.6 is 0 Å². The van der Waals surface area contributed by atoms with Crippen LogP contribution in [0.25, 0.3) is 11.4 Å². The summed E-state index contributed by atoms with van der Waals surface area (Å²) in [6.07, 6.45) is 3.63. The molecule has 1 unspecified atom stereocenters. The third-order valence-electron chi connectivity index (χ3n) is 5.39. The van der Waals surface area contributed by atoms with E-state index in [1.807, 2.05) is 13.8 Å². The molecule has 0 saturated heterocycles. The Hall–Kier alpha value is -4.14. The molecule has 0 radical (unpaired) electrons. The van der Waals surface area contributed by atoms with Crippen molar-refractivity contribution < 1.29 is 9.18 Å². The summed E-state index contributed by atoms with van der Waals surface area (Å²) >= 11 is 0. The average Bonchev–Trinajstić information content (AvgIpc) is 3.11. The van der Waals surface area contributed by atoms with Crippen LogP contribution in [0.1, 0.15) is 34.3 Å². The van der Waals surface area contributed by atoms with Crippen molar-refractivity contribution in [1.29, 1.82) is 0 Å². The number of aromatic amines is 2. The third-order valence-corrected chi connectivity index (χ3v) is 5.39. The van der Waals surface area contributed by atoms with Gasteiger partial charge in [0.25, 0.3) is 5.56 Å². The van der Waals surface area contributed by atoms with Crippen molar-refractivity contribution in [2.24, 2.45) is 0 Å². The maximum absolute atomic E-state index is 13.5. The van der Waals surface area contributed by atoms with Gasteiger partial charge in [-0.15, -0.1) is 0 Å². The SMILES string of the molecule is Cc1n[nH]c(C)c1CC(=O)NC(Cc1cc(=O)[nH]c(-c2ccncc2)n1)c1ccc(F)cc1. The van der Waals surface area contributed by atoms with E-state index in [2.05, 4.69) is 30.5 Å². The van der Waals surface area contributed by atoms with Crippen LogP contribution < -0.4 is 10.9 Å². The van der Waals surface area contributed by atoms with Crippen molar-refractivity contribution in [3.05, 3.63) is 99.2 Å². The van der Waals surface area contributed by atoms with Crippen molar-refractivity contribution in [3.8, 4) is 11.4 Å². The fourth-order valence-corrected chi connectivity index (χ4v) is 3.66. The van der Waals surface area contributed by atoms with Crippen molar-refractivity contribution in [2.45, 2.75) is 32.7 Å². The highest BCUT2D eigenvalue weighted by atomic mass is 19.1. The molecular weight excluding hydrogens is 423 g/mol. The molecule has 1 aromatic carbocycles. The van der Waals surface area contributed by atoms with E-state index < -0.39 is 6.04 Å². The molecule has 8 nitrogen and oxygen atoms in total. The molecule has 3 aromatic heterocycles. The van der Waals surface area contributed by atoms with Gasteiger partial charge in [-0.3, -0.25) is 19.7 Å². The highest BCUT2D eigenvalue weighted by Crippen LogP contribution is 2.20. The quantitative estimate of drug-likeness (QED) is 0.404. The van der Waals surface area contributed by atoms with E-state index in [0.717, 1.165) is 22.5 Å². The van der Waals surface area contributed by atoms with Crippen LogP contribution in [0.2, 0.25) is 0 Å². The largest absolute Gasteiger partial charge is 0.349 e. The Morgan fingerprint density at radius 2 is 1.85 bits per heavy atom. The van der Waals surface area contributed by atoms with Gasteiger partial charge in [-0.2, -0.15) is 5.10 Å². The van der Waals surface area contributed by atoms with Crippen molar-refractivity contribution in [2.75, 3.05) is 0 Å². The topological polar surface area (TPSA) is 116 Å². The fraction of sp³-hybridized carbons (Fsp3) is 0.208. The van der Waals surface area contributed by atoms with Gasteiger partial charge in [-0.05, 0) is 43.7 Å². The van der Waals surface area contributed by atoms with Crippen LogP contribution in [-0.2, 0) is 17.6 Å². The molecule has 3 heterocycles. The lowest BCUT2D eigenvalue weighted by molar-refractivity contribution is -0.121. The molecule has 33 heavy (non-hydrogen) atoms. The highest BCUT2D eigenvalue weighted by molar-refractivity contribution is 5.79. The number of pyridine rings is 1. The minimum absolute atomic E-state index is 0.150. The van der Waals surface area contributed by atoms with Crippen LogP contribution in [0.5, 0.6) is 0 Å². The summed E-state index contributed by atoms with van der Waals surface area (Å²) in [4.78, 5) is 36.5. The Morgan fingerprint density at radius 3 is 2.52 bits per heavy atom. The molecule has 1 atom stereocenters. The maximum atomic E-state index is 13.5. The summed E-state index contributed by atoms with van der Waals surface area (Å²) < 4.78 is 13.5. The number of nitrogens with zero attached hydrogens (tertiary/aromatic N) is 3. The van der Waals surface area contributed by atoms with Gasteiger partial charge in [0, 0.05) is 41.7 Å². The number of hydrogen-bond acceptors (Lipinski definition) is 5. The van der Waals surface area contributed by atoms with Crippen LogP contribution in [-0.4, -0.2) is 31.1 Å². The second-order valence-electron chi connectivity index (χ2n) is 7.79.